The summed E-state index contributed by atoms with van der Waals surface area (Å²) in [7, 11) is 1.54. The minimum atomic E-state index is -0.399. The van der Waals surface area contributed by atoms with Crippen molar-refractivity contribution in [3.05, 3.63) is 64.8 Å². The summed E-state index contributed by atoms with van der Waals surface area (Å²) < 4.78 is 5.49. The van der Waals surface area contributed by atoms with E-state index >= 15 is 0 Å². The van der Waals surface area contributed by atoms with Gasteiger partial charge in [-0.3, -0.25) is 14.5 Å². The first kappa shape index (κ1) is 21.4. The Morgan fingerprint density at radius 3 is 2.42 bits per heavy atom. The molecule has 8 heteroatoms. The van der Waals surface area contributed by atoms with E-state index in [1.165, 1.54) is 4.90 Å². The number of rotatable bonds is 6. The number of piperazine rings is 1. The van der Waals surface area contributed by atoms with Crippen LogP contribution in [0.4, 0.5) is 5.69 Å². The van der Waals surface area contributed by atoms with Gasteiger partial charge >= 0.3 is 0 Å². The molecule has 2 aliphatic rings. The lowest BCUT2D eigenvalue weighted by molar-refractivity contribution is -0.120. The van der Waals surface area contributed by atoms with Crippen LogP contribution in [0.15, 0.2) is 54.2 Å². The number of carbonyl (C=O) groups is 2. The molecule has 1 fully saturated rings. The zero-order chi connectivity index (χ0) is 22.0. The maximum atomic E-state index is 13.6. The van der Waals surface area contributed by atoms with Crippen LogP contribution in [0.3, 0.4) is 0 Å². The third-order valence-corrected chi connectivity index (χ3v) is 5.84. The molecule has 2 aromatic rings. The quantitative estimate of drug-likeness (QED) is 0.693. The summed E-state index contributed by atoms with van der Waals surface area (Å²) in [5.74, 6) is -0.239. The second-order valence-electron chi connectivity index (χ2n) is 7.40. The number of carbonyl (C=O) groups excluding carboxylic acids is 2. The molecule has 4 rings (SSSR count). The van der Waals surface area contributed by atoms with Crippen LogP contribution < -0.4 is 9.64 Å². The summed E-state index contributed by atoms with van der Waals surface area (Å²) in [6, 6.07) is 13.9. The van der Waals surface area contributed by atoms with Crippen LogP contribution in [-0.4, -0.2) is 73.2 Å². The summed E-state index contributed by atoms with van der Waals surface area (Å²) in [4.78, 5) is 32.5. The average Bonchev–Trinajstić information content (AvgIpc) is 3.04. The fraction of sp³-hybridized carbons (Fsp3) is 0.304. The number of halogens is 1. The summed E-state index contributed by atoms with van der Waals surface area (Å²) in [5.41, 5.74) is 1.72. The Hall–Kier alpha value is -2.87. The first-order chi connectivity index (χ1) is 15.0. The number of β-amino-alcohol motifs (C(OH)–C–C–N with tert-alkyl or cyclic N) is 1. The highest BCUT2D eigenvalue weighted by Gasteiger charge is 2.43. The lowest BCUT2D eigenvalue weighted by Crippen LogP contribution is -2.48. The standard InChI is InChI=1S/C23H24ClN3O4/c1-31-19-8-3-2-7-18(19)20-21(26-11-9-25(10-12-26)13-14-28)23(30)27(22(20)29)17-6-4-5-16(24)15-17/h2-8,15,28H,9-14H2,1H3. The number of hydrogen-bond acceptors (Lipinski definition) is 6. The lowest BCUT2D eigenvalue weighted by atomic mass is 10.0. The molecular formula is C23H24ClN3O4. The molecule has 0 unspecified atom stereocenters. The van der Waals surface area contributed by atoms with Crippen molar-refractivity contribution in [2.75, 3.05) is 51.3 Å². The molecule has 162 valence electrons. The van der Waals surface area contributed by atoms with Gasteiger partial charge in [-0.2, -0.15) is 0 Å². The van der Waals surface area contributed by atoms with Gasteiger partial charge < -0.3 is 14.7 Å². The molecule has 2 heterocycles. The van der Waals surface area contributed by atoms with Crippen molar-refractivity contribution in [3.63, 3.8) is 0 Å². The minimum Gasteiger partial charge on any atom is -0.496 e. The average molecular weight is 442 g/mol. The van der Waals surface area contributed by atoms with Crippen molar-refractivity contribution < 1.29 is 19.4 Å². The first-order valence-electron chi connectivity index (χ1n) is 10.2. The number of anilines is 1. The number of para-hydroxylation sites is 1. The zero-order valence-corrected chi connectivity index (χ0v) is 18.0. The molecule has 0 aromatic heterocycles. The number of amides is 2. The molecule has 0 spiro atoms. The van der Waals surface area contributed by atoms with Crippen molar-refractivity contribution in [3.8, 4) is 5.75 Å². The van der Waals surface area contributed by atoms with E-state index in [1.807, 2.05) is 17.0 Å². The van der Waals surface area contributed by atoms with Crippen LogP contribution in [0.1, 0.15) is 5.56 Å². The van der Waals surface area contributed by atoms with E-state index in [0.717, 1.165) is 0 Å². The monoisotopic (exact) mass is 441 g/mol. The van der Waals surface area contributed by atoms with Crippen LogP contribution >= 0.6 is 11.6 Å². The van der Waals surface area contributed by atoms with Gasteiger partial charge in [-0.15, -0.1) is 0 Å². The normalized spacial score (nSPS) is 17.6. The third-order valence-electron chi connectivity index (χ3n) is 5.61. The molecule has 0 aliphatic carbocycles. The Labute approximate surface area is 186 Å². The molecule has 0 bridgehead atoms. The lowest BCUT2D eigenvalue weighted by Gasteiger charge is -2.36. The van der Waals surface area contributed by atoms with E-state index in [-0.39, 0.29) is 12.5 Å². The molecule has 0 atom stereocenters. The summed E-state index contributed by atoms with van der Waals surface area (Å²) in [5, 5.41) is 9.66. The SMILES string of the molecule is COc1ccccc1C1=C(N2CCN(CCO)CC2)C(=O)N(c2cccc(Cl)c2)C1=O. The number of aliphatic hydroxyl groups is 1. The van der Waals surface area contributed by atoms with Gasteiger partial charge in [0.1, 0.15) is 11.4 Å². The van der Waals surface area contributed by atoms with Gasteiger partial charge in [0.05, 0.1) is 25.0 Å². The highest BCUT2D eigenvalue weighted by atomic mass is 35.5. The van der Waals surface area contributed by atoms with Gasteiger partial charge in [-0.25, -0.2) is 4.90 Å². The number of hydrogen-bond donors (Lipinski definition) is 1. The minimum absolute atomic E-state index is 0.0924. The zero-order valence-electron chi connectivity index (χ0n) is 17.3. The van der Waals surface area contributed by atoms with Crippen molar-refractivity contribution in [2.24, 2.45) is 0 Å². The van der Waals surface area contributed by atoms with Crippen LogP contribution in [0.2, 0.25) is 5.02 Å². The molecule has 2 aliphatic heterocycles. The largest absolute Gasteiger partial charge is 0.496 e. The summed E-state index contributed by atoms with van der Waals surface area (Å²) in [6.45, 7) is 3.24. The van der Waals surface area contributed by atoms with Crippen molar-refractivity contribution in [2.45, 2.75) is 0 Å². The molecular weight excluding hydrogens is 418 g/mol. The Bertz CT molecular complexity index is 1030. The van der Waals surface area contributed by atoms with Gasteiger partial charge in [-0.05, 0) is 24.3 Å². The van der Waals surface area contributed by atoms with Crippen molar-refractivity contribution in [1.29, 1.82) is 0 Å². The van der Waals surface area contributed by atoms with Crippen LogP contribution in [0, 0.1) is 0 Å². The van der Waals surface area contributed by atoms with E-state index in [9.17, 15) is 14.7 Å². The maximum Gasteiger partial charge on any atom is 0.282 e. The topological polar surface area (TPSA) is 73.3 Å². The Morgan fingerprint density at radius 1 is 1.00 bits per heavy atom. The van der Waals surface area contributed by atoms with E-state index < -0.39 is 5.91 Å². The molecule has 0 radical (unpaired) electrons. The number of imide groups is 1. The van der Waals surface area contributed by atoms with Gasteiger partial charge in [0, 0.05) is 43.3 Å². The van der Waals surface area contributed by atoms with Gasteiger partial charge in [-0.1, -0.05) is 35.9 Å². The summed E-state index contributed by atoms with van der Waals surface area (Å²) >= 11 is 6.13. The fourth-order valence-corrected chi connectivity index (χ4v) is 4.28. The van der Waals surface area contributed by atoms with E-state index in [1.54, 1.807) is 43.5 Å². The van der Waals surface area contributed by atoms with E-state index in [4.69, 9.17) is 16.3 Å². The van der Waals surface area contributed by atoms with Crippen LogP contribution in [0.25, 0.3) is 5.57 Å². The fourth-order valence-electron chi connectivity index (χ4n) is 4.09. The van der Waals surface area contributed by atoms with Gasteiger partial charge in [0.25, 0.3) is 11.8 Å². The summed E-state index contributed by atoms with van der Waals surface area (Å²) in [6.07, 6.45) is 0. The first-order valence-corrected chi connectivity index (χ1v) is 10.5. The second kappa shape index (κ2) is 9.09. The van der Waals surface area contributed by atoms with Gasteiger partial charge in [0.15, 0.2) is 0 Å². The van der Waals surface area contributed by atoms with Crippen LogP contribution in [-0.2, 0) is 9.59 Å². The Balaban J connectivity index is 1.78. The molecule has 31 heavy (non-hydrogen) atoms. The molecule has 0 saturated carbocycles. The predicted molar refractivity (Wildman–Crippen MR) is 119 cm³/mol. The number of methoxy groups -OCH3 is 1. The third kappa shape index (κ3) is 4.04. The molecule has 1 N–H and O–H groups in total. The Morgan fingerprint density at radius 2 is 1.74 bits per heavy atom. The molecule has 2 amide bonds. The van der Waals surface area contributed by atoms with E-state index in [0.29, 0.717) is 66.0 Å². The maximum absolute atomic E-state index is 13.6. The highest BCUT2D eigenvalue weighted by molar-refractivity contribution is 6.46. The highest BCUT2D eigenvalue weighted by Crippen LogP contribution is 2.38. The van der Waals surface area contributed by atoms with Crippen LogP contribution in [0.5, 0.6) is 5.75 Å². The van der Waals surface area contributed by atoms with Gasteiger partial charge in [0.2, 0.25) is 0 Å². The smallest absolute Gasteiger partial charge is 0.282 e. The molecule has 7 nitrogen and oxygen atoms in total. The molecule has 1 saturated heterocycles. The second-order valence-corrected chi connectivity index (χ2v) is 7.84. The van der Waals surface area contributed by atoms with Crippen molar-refractivity contribution >= 4 is 34.7 Å². The van der Waals surface area contributed by atoms with Crippen molar-refractivity contribution in [1.82, 2.24) is 9.80 Å². The number of benzene rings is 2. The number of nitrogens with zero attached hydrogens (tertiary/aromatic N) is 3. The number of ether oxygens (including phenoxy) is 1. The Kier molecular flexibility index (Phi) is 6.27. The predicted octanol–water partition coefficient (Wildman–Crippen LogP) is 2.24. The van der Waals surface area contributed by atoms with E-state index in [2.05, 4.69) is 4.90 Å². The number of aliphatic hydroxyl groups excluding tert-OH is 1. The molecule has 2 aromatic carbocycles.